The van der Waals surface area contributed by atoms with Gasteiger partial charge in [-0.25, -0.2) is 4.79 Å². The number of rotatable bonds is 5. The molecule has 0 bridgehead atoms. The van der Waals surface area contributed by atoms with Gasteiger partial charge in [-0.1, -0.05) is 12.1 Å². The Morgan fingerprint density at radius 1 is 1.20 bits per heavy atom. The third kappa shape index (κ3) is 3.57. The molecule has 0 spiro atoms. The van der Waals surface area contributed by atoms with Gasteiger partial charge in [0.2, 0.25) is 0 Å². The number of fused-ring (bicyclic) bond motifs is 1. The van der Waals surface area contributed by atoms with Crippen molar-refractivity contribution in [3.8, 4) is 0 Å². The van der Waals surface area contributed by atoms with Crippen molar-refractivity contribution in [3.05, 3.63) is 64.1 Å². The van der Waals surface area contributed by atoms with Crippen molar-refractivity contribution >= 4 is 22.7 Å². The van der Waals surface area contributed by atoms with Crippen molar-refractivity contribution in [2.75, 3.05) is 25.5 Å². The molecule has 0 saturated carbocycles. The number of nitrogens with one attached hydrogen (secondary N) is 1. The summed E-state index contributed by atoms with van der Waals surface area (Å²) in [6.45, 7) is 0.508. The van der Waals surface area contributed by atoms with Crippen LogP contribution in [-0.4, -0.2) is 31.1 Å². The zero-order chi connectivity index (χ0) is 18.0. The van der Waals surface area contributed by atoms with Gasteiger partial charge in [0.05, 0.1) is 5.52 Å². The molecular weight excluding hydrogens is 318 g/mol. The highest BCUT2D eigenvalue weighted by Gasteiger charge is 2.08. The van der Waals surface area contributed by atoms with E-state index in [-0.39, 0.29) is 11.7 Å². The van der Waals surface area contributed by atoms with E-state index < -0.39 is 0 Å². The summed E-state index contributed by atoms with van der Waals surface area (Å²) in [7, 11) is 5.56. The molecule has 3 rings (SSSR count). The Kier molecular flexibility index (Phi) is 4.61. The third-order valence-corrected chi connectivity index (χ3v) is 4.18. The second-order valence-electron chi connectivity index (χ2n) is 6.18. The number of aromatic nitrogens is 1. The van der Waals surface area contributed by atoms with E-state index in [0.717, 1.165) is 16.8 Å². The predicted molar refractivity (Wildman–Crippen MR) is 98.3 cm³/mol. The molecule has 3 aromatic rings. The summed E-state index contributed by atoms with van der Waals surface area (Å²) in [6.07, 6.45) is 0.660. The van der Waals surface area contributed by atoms with Crippen molar-refractivity contribution in [1.29, 1.82) is 0 Å². The number of amides is 1. The summed E-state index contributed by atoms with van der Waals surface area (Å²) in [4.78, 5) is 25.8. The average molecular weight is 339 g/mol. The van der Waals surface area contributed by atoms with Gasteiger partial charge in [0, 0.05) is 38.9 Å². The number of nitrogens with zero attached hydrogens (tertiary/aromatic N) is 2. The van der Waals surface area contributed by atoms with Crippen LogP contribution in [0.5, 0.6) is 0 Å². The maximum Gasteiger partial charge on any atom is 0.419 e. The van der Waals surface area contributed by atoms with Crippen LogP contribution in [0.3, 0.4) is 0 Å². The van der Waals surface area contributed by atoms with Crippen molar-refractivity contribution in [1.82, 2.24) is 9.88 Å². The predicted octanol–water partition coefficient (Wildman–Crippen LogP) is 2.17. The van der Waals surface area contributed by atoms with E-state index in [4.69, 9.17) is 4.42 Å². The molecule has 0 aliphatic carbocycles. The van der Waals surface area contributed by atoms with Gasteiger partial charge in [0.1, 0.15) is 0 Å². The summed E-state index contributed by atoms with van der Waals surface area (Å²) >= 11 is 0. The molecule has 0 aliphatic rings. The number of hydrogen-bond donors (Lipinski definition) is 1. The van der Waals surface area contributed by atoms with Crippen molar-refractivity contribution in [2.45, 2.75) is 6.42 Å². The maximum atomic E-state index is 12.3. The van der Waals surface area contributed by atoms with E-state index in [1.807, 2.05) is 55.4 Å². The van der Waals surface area contributed by atoms with Crippen molar-refractivity contribution in [3.63, 3.8) is 0 Å². The molecule has 1 amide bonds. The van der Waals surface area contributed by atoms with Gasteiger partial charge in [0.25, 0.3) is 5.91 Å². The molecule has 130 valence electrons. The minimum atomic E-state index is -0.374. The topological polar surface area (TPSA) is 67.5 Å². The molecule has 0 atom stereocenters. The summed E-state index contributed by atoms with van der Waals surface area (Å²) in [5.41, 5.74) is 3.95. The molecule has 2 aromatic carbocycles. The molecule has 25 heavy (non-hydrogen) atoms. The summed E-state index contributed by atoms with van der Waals surface area (Å²) in [6, 6.07) is 13.1. The van der Waals surface area contributed by atoms with E-state index in [0.29, 0.717) is 24.1 Å². The fourth-order valence-corrected chi connectivity index (χ4v) is 2.68. The normalized spacial score (nSPS) is 10.8. The second-order valence-corrected chi connectivity index (χ2v) is 6.18. The quantitative estimate of drug-likeness (QED) is 0.774. The fourth-order valence-electron chi connectivity index (χ4n) is 2.68. The minimum absolute atomic E-state index is 0.101. The lowest BCUT2D eigenvalue weighted by Crippen LogP contribution is -2.25. The largest absolute Gasteiger partial charge is 0.419 e. The number of oxazole rings is 1. The van der Waals surface area contributed by atoms with Gasteiger partial charge in [-0.2, -0.15) is 0 Å². The number of benzene rings is 2. The molecule has 0 unspecified atom stereocenters. The van der Waals surface area contributed by atoms with Gasteiger partial charge in [-0.05, 0) is 42.3 Å². The number of carbonyl (C=O) groups is 1. The average Bonchev–Trinajstić information content (AvgIpc) is 2.88. The second kappa shape index (κ2) is 6.84. The van der Waals surface area contributed by atoms with Crippen LogP contribution in [0.15, 0.2) is 51.7 Å². The SMILES string of the molecule is CN(C)c1cccc(C(=O)NCCc2ccc3c(c2)oc(=O)n3C)c1. The van der Waals surface area contributed by atoms with E-state index in [1.165, 1.54) is 4.57 Å². The van der Waals surface area contributed by atoms with Crippen molar-refractivity contribution < 1.29 is 9.21 Å². The molecule has 6 heteroatoms. The molecular formula is C19H21N3O3. The lowest BCUT2D eigenvalue weighted by Gasteiger charge is -2.13. The first-order valence-corrected chi connectivity index (χ1v) is 8.10. The Bertz CT molecular complexity index is 969. The van der Waals surface area contributed by atoms with Crippen LogP contribution >= 0.6 is 0 Å². The smallest absolute Gasteiger partial charge is 0.408 e. The zero-order valence-corrected chi connectivity index (χ0v) is 14.6. The monoisotopic (exact) mass is 339 g/mol. The highest BCUT2D eigenvalue weighted by molar-refractivity contribution is 5.95. The van der Waals surface area contributed by atoms with Gasteiger partial charge in [0.15, 0.2) is 5.58 Å². The molecule has 0 saturated heterocycles. The Morgan fingerprint density at radius 2 is 2.00 bits per heavy atom. The van der Waals surface area contributed by atoms with E-state index in [1.54, 1.807) is 13.1 Å². The molecule has 0 fully saturated rings. The van der Waals surface area contributed by atoms with Gasteiger partial charge in [-0.3, -0.25) is 9.36 Å². The molecule has 1 N–H and O–H groups in total. The molecule has 1 aromatic heterocycles. The number of aryl methyl sites for hydroxylation is 1. The van der Waals surface area contributed by atoms with Crippen LogP contribution in [0.25, 0.3) is 11.1 Å². The Labute approximate surface area is 145 Å². The molecule has 0 aliphatic heterocycles. The summed E-state index contributed by atoms with van der Waals surface area (Å²) < 4.78 is 6.66. The van der Waals surface area contributed by atoms with E-state index in [2.05, 4.69) is 5.32 Å². The van der Waals surface area contributed by atoms with Crippen LogP contribution in [-0.2, 0) is 13.5 Å². The van der Waals surface area contributed by atoms with Gasteiger partial charge < -0.3 is 14.6 Å². The summed E-state index contributed by atoms with van der Waals surface area (Å²) in [5, 5.41) is 2.92. The summed E-state index contributed by atoms with van der Waals surface area (Å²) in [5.74, 6) is -0.475. The zero-order valence-electron chi connectivity index (χ0n) is 14.6. The van der Waals surface area contributed by atoms with Crippen LogP contribution in [0, 0.1) is 0 Å². The van der Waals surface area contributed by atoms with Crippen LogP contribution in [0.2, 0.25) is 0 Å². The third-order valence-electron chi connectivity index (χ3n) is 4.18. The molecule has 0 radical (unpaired) electrons. The van der Waals surface area contributed by atoms with E-state index in [9.17, 15) is 9.59 Å². The van der Waals surface area contributed by atoms with E-state index >= 15 is 0 Å². The Hall–Kier alpha value is -3.02. The van der Waals surface area contributed by atoms with Crippen molar-refractivity contribution in [2.24, 2.45) is 7.05 Å². The minimum Gasteiger partial charge on any atom is -0.408 e. The molecule has 6 nitrogen and oxygen atoms in total. The molecule has 1 heterocycles. The maximum absolute atomic E-state index is 12.3. The standard InChI is InChI=1S/C19H21N3O3/c1-21(2)15-6-4-5-14(12-15)18(23)20-10-9-13-7-8-16-17(11-13)25-19(24)22(16)3/h4-8,11-12H,9-10H2,1-3H3,(H,20,23). The Balaban J connectivity index is 1.63. The lowest BCUT2D eigenvalue weighted by atomic mass is 10.1. The highest BCUT2D eigenvalue weighted by atomic mass is 16.4. The first-order chi connectivity index (χ1) is 12.0. The van der Waals surface area contributed by atoms with Gasteiger partial charge in [-0.15, -0.1) is 0 Å². The van der Waals surface area contributed by atoms with Crippen LogP contribution in [0.1, 0.15) is 15.9 Å². The van der Waals surface area contributed by atoms with Gasteiger partial charge >= 0.3 is 5.76 Å². The highest BCUT2D eigenvalue weighted by Crippen LogP contribution is 2.15. The Morgan fingerprint density at radius 3 is 2.76 bits per heavy atom. The fraction of sp³-hybridized carbons (Fsp3) is 0.263. The number of carbonyl (C=O) groups excluding carboxylic acids is 1. The number of hydrogen-bond acceptors (Lipinski definition) is 4. The van der Waals surface area contributed by atoms with Crippen LogP contribution in [0.4, 0.5) is 5.69 Å². The van der Waals surface area contributed by atoms with Crippen LogP contribution < -0.4 is 16.0 Å². The number of anilines is 1. The lowest BCUT2D eigenvalue weighted by molar-refractivity contribution is 0.0954. The first kappa shape index (κ1) is 16.8. The first-order valence-electron chi connectivity index (χ1n) is 8.10.